The summed E-state index contributed by atoms with van der Waals surface area (Å²) in [7, 11) is 0. The lowest BCUT2D eigenvalue weighted by Crippen LogP contribution is -2.57. The Morgan fingerprint density at radius 2 is 1.55 bits per heavy atom. The molecule has 294 valence electrons. The summed E-state index contributed by atoms with van der Waals surface area (Å²) in [6.45, 7) is 0.779. The molecule has 2 aliphatic heterocycles. The number of nitriles is 1. The zero-order valence-electron chi connectivity index (χ0n) is 31.3. The van der Waals surface area contributed by atoms with Crippen LogP contribution in [0.25, 0.3) is 11.1 Å². The highest BCUT2D eigenvalue weighted by molar-refractivity contribution is 6.42. The lowest BCUT2D eigenvalue weighted by atomic mass is 9.82. The number of hydrogen-bond acceptors (Lipinski definition) is 7. The molecule has 12 heteroatoms. The Bertz CT molecular complexity index is 2390. The first-order chi connectivity index (χ1) is 28.1. The molecule has 2 amide bonds. The van der Waals surface area contributed by atoms with Gasteiger partial charge in [0.15, 0.2) is 17.6 Å². The second-order valence-electron chi connectivity index (χ2n) is 14.9. The van der Waals surface area contributed by atoms with Gasteiger partial charge in [0.1, 0.15) is 31.0 Å². The number of carboxylic acid groups (broad SMARTS) is 1. The number of carboxylic acids is 1. The predicted octanol–water partition coefficient (Wildman–Crippen LogP) is 8.49. The van der Waals surface area contributed by atoms with Gasteiger partial charge in [0.05, 0.1) is 21.7 Å². The molecule has 10 nitrogen and oxygen atoms in total. The predicted molar refractivity (Wildman–Crippen MR) is 218 cm³/mol. The van der Waals surface area contributed by atoms with E-state index in [2.05, 4.69) is 11.4 Å². The molecular formula is C46H39Cl2N3O7. The Kier molecular flexibility index (Phi) is 11.3. The van der Waals surface area contributed by atoms with Gasteiger partial charge in [-0.3, -0.25) is 9.59 Å². The van der Waals surface area contributed by atoms with E-state index in [0.717, 1.165) is 58.2 Å². The minimum atomic E-state index is -1.21. The second kappa shape index (κ2) is 16.8. The van der Waals surface area contributed by atoms with Crippen LogP contribution in [-0.2, 0) is 40.4 Å². The third kappa shape index (κ3) is 8.47. The van der Waals surface area contributed by atoms with Gasteiger partial charge in [-0.2, -0.15) is 5.26 Å². The highest BCUT2D eigenvalue weighted by Gasteiger charge is 2.41. The number of aliphatic carboxylic acids is 1. The maximum Gasteiger partial charge on any atom is 0.326 e. The molecule has 0 saturated heterocycles. The van der Waals surface area contributed by atoms with E-state index in [9.17, 15) is 19.5 Å². The largest absolute Gasteiger partial charge is 0.489 e. The van der Waals surface area contributed by atoms with Crippen LogP contribution in [0.4, 0.5) is 0 Å². The van der Waals surface area contributed by atoms with Crippen LogP contribution in [0.3, 0.4) is 0 Å². The van der Waals surface area contributed by atoms with Crippen molar-refractivity contribution in [1.29, 1.82) is 5.26 Å². The van der Waals surface area contributed by atoms with Crippen molar-refractivity contribution in [2.24, 2.45) is 5.92 Å². The molecule has 1 saturated carbocycles. The van der Waals surface area contributed by atoms with Crippen LogP contribution < -0.4 is 19.5 Å². The average Bonchev–Trinajstić information content (AvgIpc) is 3.22. The monoisotopic (exact) mass is 815 g/mol. The number of carbonyl (C=O) groups excluding carboxylic acids is 2. The Balaban J connectivity index is 0.947. The maximum atomic E-state index is 14.0. The molecule has 3 atom stereocenters. The minimum Gasteiger partial charge on any atom is -0.489 e. The SMILES string of the molecule is N#Cc1ccc(-c2ccc(C[C@H](NC(=O)[C@@H]3Cc4cc5c(cc4CN3C(=O)C3CCC3)OC(c3ccc(OCc4ccc(Cl)c(Cl)c4)cc3)CO5)C(=O)O)cc2)cc1. The third-order valence-electron chi connectivity index (χ3n) is 11.1. The van der Waals surface area contributed by atoms with Gasteiger partial charge in [0, 0.05) is 25.3 Å². The van der Waals surface area contributed by atoms with Crippen molar-refractivity contribution in [1.82, 2.24) is 10.2 Å². The highest BCUT2D eigenvalue weighted by Crippen LogP contribution is 2.42. The van der Waals surface area contributed by atoms with Crippen molar-refractivity contribution < 1.29 is 33.7 Å². The molecule has 3 aliphatic rings. The Hall–Kier alpha value is -6.02. The van der Waals surface area contributed by atoms with E-state index in [4.69, 9.17) is 42.7 Å². The molecule has 1 unspecified atom stereocenters. The summed E-state index contributed by atoms with van der Waals surface area (Å²) in [6.07, 6.45) is 2.35. The zero-order chi connectivity index (χ0) is 40.3. The number of halogens is 2. The highest BCUT2D eigenvalue weighted by atomic mass is 35.5. The van der Waals surface area contributed by atoms with Crippen molar-refractivity contribution in [3.05, 3.63) is 147 Å². The van der Waals surface area contributed by atoms with E-state index < -0.39 is 24.0 Å². The lowest BCUT2D eigenvalue weighted by Gasteiger charge is -2.40. The molecule has 0 aromatic heterocycles. The molecule has 0 radical (unpaired) electrons. The van der Waals surface area contributed by atoms with Crippen LogP contribution in [0.1, 0.15) is 58.7 Å². The smallest absolute Gasteiger partial charge is 0.326 e. The van der Waals surface area contributed by atoms with Gasteiger partial charge in [0.25, 0.3) is 0 Å². The van der Waals surface area contributed by atoms with Gasteiger partial charge < -0.3 is 29.5 Å². The first-order valence-corrected chi connectivity index (χ1v) is 19.9. The van der Waals surface area contributed by atoms with Gasteiger partial charge in [0.2, 0.25) is 11.8 Å². The minimum absolute atomic E-state index is 0.0585. The Morgan fingerprint density at radius 1 is 0.862 bits per heavy atom. The van der Waals surface area contributed by atoms with Crippen molar-refractivity contribution in [2.45, 2.75) is 63.4 Å². The molecule has 0 bridgehead atoms. The zero-order valence-corrected chi connectivity index (χ0v) is 32.8. The number of carbonyl (C=O) groups is 3. The molecule has 8 rings (SSSR count). The fourth-order valence-electron chi connectivity index (χ4n) is 7.52. The first kappa shape index (κ1) is 38.8. The number of hydrogen-bond donors (Lipinski definition) is 2. The standard InChI is InChI=1S/C46H39Cl2N3O7/c47-37-17-8-29(18-38(37)48)25-56-36-15-13-32(14-16-36)43-26-57-41-21-34-20-40(51(45(53)33-2-1-3-33)24-35(34)22-42(41)58-43)44(52)50-39(46(54)55)19-27-4-9-30(10-5-27)31-11-6-28(23-49)7-12-31/h4-18,21-22,33,39-40,43H,1-3,19-20,24-26H2,(H,50,52)(H,54,55)/t39-,40-,43?/m0/s1. The molecule has 1 aliphatic carbocycles. The Labute approximate surface area is 345 Å². The van der Waals surface area contributed by atoms with Crippen molar-refractivity contribution in [2.75, 3.05) is 6.61 Å². The summed E-state index contributed by atoms with van der Waals surface area (Å²) in [5.74, 6) is -0.181. The molecular weight excluding hydrogens is 777 g/mol. The molecule has 2 heterocycles. The quantitative estimate of drug-likeness (QED) is 0.135. The van der Waals surface area contributed by atoms with E-state index in [1.165, 1.54) is 0 Å². The number of nitrogens with one attached hydrogen (secondary N) is 1. The summed E-state index contributed by atoms with van der Waals surface area (Å²) in [5.41, 5.74) is 6.62. The summed E-state index contributed by atoms with van der Waals surface area (Å²) in [6, 6.07) is 31.4. The topological polar surface area (TPSA) is 138 Å². The number of amides is 2. The van der Waals surface area contributed by atoms with Crippen molar-refractivity contribution in [3.8, 4) is 34.4 Å². The van der Waals surface area contributed by atoms with Crippen molar-refractivity contribution >= 4 is 41.0 Å². The van der Waals surface area contributed by atoms with Crippen LogP contribution in [-0.4, -0.2) is 46.5 Å². The van der Waals surface area contributed by atoms with Gasteiger partial charge in [-0.15, -0.1) is 0 Å². The van der Waals surface area contributed by atoms with Gasteiger partial charge in [-0.25, -0.2) is 4.79 Å². The second-order valence-corrected chi connectivity index (χ2v) is 15.7. The van der Waals surface area contributed by atoms with E-state index in [-0.39, 0.29) is 43.9 Å². The molecule has 1 fully saturated rings. The number of rotatable bonds is 11. The molecule has 2 N–H and O–H groups in total. The number of ether oxygens (including phenoxy) is 3. The molecule has 0 spiro atoms. The number of benzene rings is 5. The molecule has 58 heavy (non-hydrogen) atoms. The first-order valence-electron chi connectivity index (χ1n) is 19.2. The molecule has 5 aromatic carbocycles. The van der Waals surface area contributed by atoms with Crippen LogP contribution in [0.5, 0.6) is 17.2 Å². The summed E-state index contributed by atoms with van der Waals surface area (Å²) < 4.78 is 18.6. The van der Waals surface area contributed by atoms with E-state index in [0.29, 0.717) is 39.5 Å². The van der Waals surface area contributed by atoms with Crippen LogP contribution in [0.2, 0.25) is 10.0 Å². The van der Waals surface area contributed by atoms with E-state index in [1.54, 1.807) is 29.2 Å². The van der Waals surface area contributed by atoms with E-state index in [1.807, 2.05) is 78.9 Å². The summed E-state index contributed by atoms with van der Waals surface area (Å²) >= 11 is 12.2. The fourth-order valence-corrected chi connectivity index (χ4v) is 7.84. The van der Waals surface area contributed by atoms with Gasteiger partial charge in [-0.1, -0.05) is 84.2 Å². The van der Waals surface area contributed by atoms with Crippen molar-refractivity contribution in [3.63, 3.8) is 0 Å². The average molecular weight is 817 g/mol. The summed E-state index contributed by atoms with van der Waals surface area (Å²) in [4.78, 5) is 42.0. The lowest BCUT2D eigenvalue weighted by molar-refractivity contribution is -0.148. The molecule has 5 aromatic rings. The van der Waals surface area contributed by atoms with Crippen LogP contribution >= 0.6 is 23.2 Å². The Morgan fingerprint density at radius 3 is 2.21 bits per heavy atom. The maximum absolute atomic E-state index is 14.0. The fraction of sp³-hybridized carbons (Fsp3) is 0.261. The van der Waals surface area contributed by atoms with E-state index >= 15 is 0 Å². The number of nitrogens with zero attached hydrogens (tertiary/aromatic N) is 2. The van der Waals surface area contributed by atoms with Crippen LogP contribution in [0.15, 0.2) is 103 Å². The third-order valence-corrected chi connectivity index (χ3v) is 11.8. The summed E-state index contributed by atoms with van der Waals surface area (Å²) in [5, 5.41) is 23.0. The van der Waals surface area contributed by atoms with Gasteiger partial charge >= 0.3 is 5.97 Å². The normalized spacial score (nSPS) is 17.6. The number of fused-ring (bicyclic) bond motifs is 2. The van der Waals surface area contributed by atoms with Crippen LogP contribution in [0, 0.1) is 17.2 Å². The van der Waals surface area contributed by atoms with Gasteiger partial charge in [-0.05, 0) is 100 Å².